The van der Waals surface area contributed by atoms with Crippen molar-refractivity contribution in [3.63, 3.8) is 0 Å². The van der Waals surface area contributed by atoms with Gasteiger partial charge in [-0.25, -0.2) is 0 Å². The van der Waals surface area contributed by atoms with E-state index >= 15 is 0 Å². The molecule has 0 fully saturated rings. The van der Waals surface area contributed by atoms with Gasteiger partial charge in [-0.15, -0.1) is 0 Å². The molecular weight excluding hydrogens is 288 g/mol. The molecule has 0 aliphatic rings. The molecule has 0 aliphatic heterocycles. The van der Waals surface area contributed by atoms with Crippen LogP contribution in [0.5, 0.6) is 0 Å². The van der Waals surface area contributed by atoms with Crippen molar-refractivity contribution < 1.29 is 0 Å². The highest BCUT2D eigenvalue weighted by Gasteiger charge is 1.97. The van der Waals surface area contributed by atoms with E-state index in [1.54, 1.807) is 0 Å². The van der Waals surface area contributed by atoms with Gasteiger partial charge in [0, 0.05) is 0 Å². The topological polar surface area (TPSA) is 0 Å². The Bertz CT molecular complexity index is 539. The van der Waals surface area contributed by atoms with E-state index < -0.39 is 0 Å². The van der Waals surface area contributed by atoms with Crippen LogP contribution in [-0.2, 0) is 0 Å². The van der Waals surface area contributed by atoms with Crippen molar-refractivity contribution in [2.24, 2.45) is 0 Å². The van der Waals surface area contributed by atoms with Crippen LogP contribution >= 0.6 is 0 Å². The molecule has 0 amide bonds. The predicted octanol–water partition coefficient (Wildman–Crippen LogP) is 9.12. The van der Waals surface area contributed by atoms with Crippen LogP contribution < -0.4 is 0 Å². The maximum atomic E-state index is 2.18. The van der Waals surface area contributed by atoms with Gasteiger partial charge in [0.15, 0.2) is 0 Å². The number of rotatable bonds is 0. The van der Waals surface area contributed by atoms with E-state index in [0.717, 1.165) is 0 Å². The van der Waals surface area contributed by atoms with Gasteiger partial charge in [-0.3, -0.25) is 0 Å². The average molecular weight is 329 g/mol. The zero-order chi connectivity index (χ0) is 19.4. The number of hydrogen-bond acceptors (Lipinski definition) is 0. The van der Waals surface area contributed by atoms with Gasteiger partial charge >= 0.3 is 0 Å². The van der Waals surface area contributed by atoms with E-state index in [9.17, 15) is 0 Å². The van der Waals surface area contributed by atoms with Crippen molar-refractivity contribution in [3.8, 4) is 0 Å². The minimum absolute atomic E-state index is 1.31. The quantitative estimate of drug-likeness (QED) is 0.361. The van der Waals surface area contributed by atoms with Crippen LogP contribution in [0.4, 0.5) is 0 Å². The van der Waals surface area contributed by atoms with E-state index in [1.807, 2.05) is 69.2 Å². The maximum absolute atomic E-state index is 2.18. The largest absolute Gasteiger partial charge is 0.0683 e. The monoisotopic (exact) mass is 328 g/mol. The Kier molecular flexibility index (Phi) is 23.9. The molecule has 0 unspecified atom stereocenters. The van der Waals surface area contributed by atoms with Gasteiger partial charge < -0.3 is 0 Å². The first-order chi connectivity index (χ1) is 11.9. The Morgan fingerprint density at radius 1 is 0.333 bits per heavy atom. The highest BCUT2D eigenvalue weighted by atomic mass is 14.0. The fourth-order valence-corrected chi connectivity index (χ4v) is 1.95. The van der Waals surface area contributed by atoms with Gasteiger partial charge in [-0.1, -0.05) is 130 Å². The van der Waals surface area contributed by atoms with E-state index in [0.29, 0.717) is 0 Å². The lowest BCUT2D eigenvalue weighted by Crippen LogP contribution is -1.75. The van der Waals surface area contributed by atoms with Gasteiger partial charge in [-0.05, 0) is 21.5 Å². The van der Waals surface area contributed by atoms with Crippen LogP contribution in [0.25, 0.3) is 21.5 Å². The van der Waals surface area contributed by atoms with E-state index in [1.165, 1.54) is 21.5 Å². The second kappa shape index (κ2) is 21.2. The molecule has 0 heteroatoms. The van der Waals surface area contributed by atoms with Crippen LogP contribution in [-0.4, -0.2) is 0 Å². The Hall–Kier alpha value is -1.82. The Morgan fingerprint density at radius 2 is 0.583 bits per heavy atom. The van der Waals surface area contributed by atoms with Crippen molar-refractivity contribution in [1.29, 1.82) is 0 Å². The van der Waals surface area contributed by atoms with E-state index in [-0.39, 0.29) is 0 Å². The van der Waals surface area contributed by atoms with Gasteiger partial charge in [-0.2, -0.15) is 0 Å². The predicted molar refractivity (Wildman–Crippen MR) is 118 cm³/mol. The van der Waals surface area contributed by atoms with Crippen LogP contribution in [0.15, 0.2) is 60.7 Å². The Morgan fingerprint density at radius 3 is 0.875 bits per heavy atom. The summed E-state index contributed by atoms with van der Waals surface area (Å²) in [5.74, 6) is 0. The molecule has 0 spiro atoms. The highest BCUT2D eigenvalue weighted by Crippen LogP contribution is 2.24. The highest BCUT2D eigenvalue weighted by molar-refractivity contribution is 6.07. The summed E-state index contributed by atoms with van der Waals surface area (Å²) in [5.41, 5.74) is 0. The molecule has 3 aromatic rings. The fourth-order valence-electron chi connectivity index (χ4n) is 1.95. The number of hydrogen-bond donors (Lipinski definition) is 0. The summed E-state index contributed by atoms with van der Waals surface area (Å²) in [4.78, 5) is 0. The minimum atomic E-state index is 1.31. The second-order valence-corrected chi connectivity index (χ2v) is 3.51. The number of fused-ring (bicyclic) bond motifs is 3. The first-order valence-electron chi connectivity index (χ1n) is 9.82. The lowest BCUT2D eigenvalue weighted by molar-refractivity contribution is 1.50. The first kappa shape index (κ1) is 27.0. The summed E-state index contributed by atoms with van der Waals surface area (Å²) >= 11 is 0. The average Bonchev–Trinajstić information content (AvgIpc) is 2.75. The zero-order valence-electron chi connectivity index (χ0n) is 17.8. The molecular formula is C24H40. The van der Waals surface area contributed by atoms with E-state index in [2.05, 4.69) is 60.7 Å². The summed E-state index contributed by atoms with van der Waals surface area (Å²) in [6, 6.07) is 21.4. The van der Waals surface area contributed by atoms with Crippen molar-refractivity contribution in [1.82, 2.24) is 0 Å². The fraction of sp³-hybridized carbons (Fsp3) is 0.417. The summed E-state index contributed by atoms with van der Waals surface area (Å²) in [6.07, 6.45) is 0. The molecule has 0 radical (unpaired) electrons. The summed E-state index contributed by atoms with van der Waals surface area (Å²) in [6.45, 7) is 20.0. The second-order valence-electron chi connectivity index (χ2n) is 3.51. The van der Waals surface area contributed by atoms with Gasteiger partial charge in [0.05, 0.1) is 0 Å². The molecule has 0 saturated carbocycles. The molecule has 24 heavy (non-hydrogen) atoms. The molecule has 3 rings (SSSR count). The molecule has 0 aliphatic carbocycles. The summed E-state index contributed by atoms with van der Waals surface area (Å²) < 4.78 is 0. The lowest BCUT2D eigenvalue weighted by Gasteiger charge is -2.02. The van der Waals surface area contributed by atoms with Crippen LogP contribution in [0.1, 0.15) is 69.2 Å². The Balaban J connectivity index is -0.000000384. The summed E-state index contributed by atoms with van der Waals surface area (Å²) in [5, 5.41) is 5.30. The molecule has 3 aromatic carbocycles. The minimum Gasteiger partial charge on any atom is -0.0683 e. The molecule has 0 bridgehead atoms. The van der Waals surface area contributed by atoms with Crippen molar-refractivity contribution in [3.05, 3.63) is 60.7 Å². The van der Waals surface area contributed by atoms with Gasteiger partial charge in [0.25, 0.3) is 0 Å². The van der Waals surface area contributed by atoms with Crippen LogP contribution in [0.3, 0.4) is 0 Å². The molecule has 0 heterocycles. The summed E-state index contributed by atoms with van der Waals surface area (Å²) in [7, 11) is 0. The van der Waals surface area contributed by atoms with Gasteiger partial charge in [0.1, 0.15) is 0 Å². The maximum Gasteiger partial charge on any atom is -0.0105 e. The molecule has 0 saturated heterocycles. The third-order valence-electron chi connectivity index (χ3n) is 2.65. The zero-order valence-corrected chi connectivity index (χ0v) is 17.8. The standard InChI is InChI=1S/C14H10.5C2H6/c1-3-7-13-11(5-1)9-10-12-6-2-4-8-14(12)13;5*1-2/h1-10H;5*1-2H3. The number of benzene rings is 3. The van der Waals surface area contributed by atoms with Crippen LogP contribution in [0, 0.1) is 0 Å². The normalized spacial score (nSPS) is 7.58. The molecule has 0 nitrogen and oxygen atoms in total. The van der Waals surface area contributed by atoms with Crippen molar-refractivity contribution in [2.45, 2.75) is 69.2 Å². The molecule has 136 valence electrons. The van der Waals surface area contributed by atoms with E-state index in [4.69, 9.17) is 0 Å². The first-order valence-corrected chi connectivity index (χ1v) is 9.82. The van der Waals surface area contributed by atoms with Crippen molar-refractivity contribution in [2.75, 3.05) is 0 Å². The van der Waals surface area contributed by atoms with Crippen molar-refractivity contribution >= 4 is 21.5 Å². The third kappa shape index (κ3) is 8.72. The Labute approximate surface area is 151 Å². The third-order valence-corrected chi connectivity index (χ3v) is 2.65. The SMILES string of the molecule is CC.CC.CC.CC.CC.c1ccc2c(c1)ccc1ccccc12. The molecule has 0 aromatic heterocycles. The smallest absolute Gasteiger partial charge is 0.0105 e. The van der Waals surface area contributed by atoms with Gasteiger partial charge in [0.2, 0.25) is 0 Å². The van der Waals surface area contributed by atoms with Crippen LogP contribution in [0.2, 0.25) is 0 Å². The molecule has 0 atom stereocenters. The lowest BCUT2D eigenvalue weighted by atomic mass is 10.0. The molecule has 0 N–H and O–H groups in total.